The molecular formula is C36H49N3O4S. The van der Waals surface area contributed by atoms with Crippen LogP contribution < -0.4 is 5.32 Å². The van der Waals surface area contributed by atoms with E-state index in [0.717, 1.165) is 23.4 Å². The van der Waals surface area contributed by atoms with Crippen molar-refractivity contribution in [3.05, 3.63) is 94.3 Å². The molecule has 0 spiro atoms. The van der Waals surface area contributed by atoms with E-state index in [1.807, 2.05) is 24.1 Å². The van der Waals surface area contributed by atoms with Crippen LogP contribution in [0.15, 0.2) is 83.2 Å². The van der Waals surface area contributed by atoms with Gasteiger partial charge in [0.2, 0.25) is 0 Å². The third-order valence-electron chi connectivity index (χ3n) is 7.39. The van der Waals surface area contributed by atoms with Gasteiger partial charge in [0.25, 0.3) is 5.91 Å². The van der Waals surface area contributed by atoms with Crippen molar-refractivity contribution in [2.75, 3.05) is 19.6 Å². The third-order valence-corrected chi connectivity index (χ3v) is 8.57. The largest absolute Gasteiger partial charge is 0.444 e. The monoisotopic (exact) mass is 619 g/mol. The van der Waals surface area contributed by atoms with Crippen LogP contribution in [0.1, 0.15) is 85.8 Å². The number of β-amino-alcohol motifs (C(OH)–C–C–N with tert-alkyl or cyclic N) is 1. The van der Waals surface area contributed by atoms with Gasteiger partial charge in [0, 0.05) is 34.6 Å². The molecule has 1 aromatic rings. The smallest absolute Gasteiger partial charge is 0.407 e. The number of hydrogen-bond donors (Lipinski definition) is 2. The lowest BCUT2D eigenvalue weighted by Gasteiger charge is -2.30. The first-order chi connectivity index (χ1) is 20.5. The average molecular weight is 620 g/mol. The molecule has 1 fully saturated rings. The average Bonchev–Trinajstić information content (AvgIpc) is 3.34. The van der Waals surface area contributed by atoms with Crippen LogP contribution in [0.4, 0.5) is 4.79 Å². The van der Waals surface area contributed by atoms with Crippen LogP contribution in [0.2, 0.25) is 0 Å². The van der Waals surface area contributed by atoms with E-state index >= 15 is 0 Å². The van der Waals surface area contributed by atoms with Gasteiger partial charge < -0.3 is 25.0 Å². The predicted molar refractivity (Wildman–Crippen MR) is 183 cm³/mol. The number of alkyl carbamates (subject to hydrolysis) is 1. The maximum Gasteiger partial charge on any atom is 0.407 e. The van der Waals surface area contributed by atoms with Crippen LogP contribution in [-0.4, -0.2) is 57.7 Å². The van der Waals surface area contributed by atoms with E-state index in [-0.39, 0.29) is 19.0 Å². The number of carbonyl (C=O) groups excluding carboxylic acids is 2. The Hall–Kier alpha value is -3.49. The lowest BCUT2D eigenvalue weighted by Crippen LogP contribution is -2.47. The molecule has 2 heterocycles. The van der Waals surface area contributed by atoms with Crippen molar-refractivity contribution in [2.45, 2.75) is 85.9 Å². The number of ether oxygens (including phenoxy) is 1. The number of allylic oxidation sites excluding steroid dienone is 5. The Kier molecular flexibility index (Phi) is 11.6. The molecule has 0 bridgehead atoms. The summed E-state index contributed by atoms with van der Waals surface area (Å²) < 4.78 is 5.27. The molecule has 1 saturated heterocycles. The Labute approximate surface area is 268 Å². The fourth-order valence-corrected chi connectivity index (χ4v) is 6.21. The highest BCUT2D eigenvalue weighted by Crippen LogP contribution is 2.41. The number of likely N-dealkylation sites (tertiary alicyclic amines) is 1. The van der Waals surface area contributed by atoms with E-state index < -0.39 is 17.3 Å². The highest BCUT2D eigenvalue weighted by Gasteiger charge is 2.39. The van der Waals surface area contributed by atoms with Gasteiger partial charge in [0.05, 0.1) is 13.1 Å². The topological polar surface area (TPSA) is 82.1 Å². The van der Waals surface area contributed by atoms with Crippen LogP contribution in [0.25, 0.3) is 10.5 Å². The Morgan fingerprint density at radius 1 is 1.14 bits per heavy atom. The van der Waals surface area contributed by atoms with Crippen molar-refractivity contribution in [3.63, 3.8) is 0 Å². The summed E-state index contributed by atoms with van der Waals surface area (Å²) in [4.78, 5) is 31.5. The van der Waals surface area contributed by atoms with Gasteiger partial charge >= 0.3 is 6.09 Å². The highest BCUT2D eigenvalue weighted by atomic mass is 32.2. The van der Waals surface area contributed by atoms with Gasteiger partial charge in [-0.05, 0) is 95.1 Å². The zero-order valence-corrected chi connectivity index (χ0v) is 28.5. The van der Waals surface area contributed by atoms with Gasteiger partial charge in [-0.3, -0.25) is 4.79 Å². The summed E-state index contributed by atoms with van der Waals surface area (Å²) in [6.07, 6.45) is 7.14. The minimum absolute atomic E-state index is 0.00602. The molecule has 2 aliphatic heterocycles. The molecule has 44 heavy (non-hydrogen) atoms. The number of rotatable bonds is 10. The van der Waals surface area contributed by atoms with Crippen molar-refractivity contribution in [1.82, 2.24) is 15.1 Å². The molecule has 1 unspecified atom stereocenters. The van der Waals surface area contributed by atoms with Crippen LogP contribution in [0.3, 0.4) is 0 Å². The van der Waals surface area contributed by atoms with Crippen molar-refractivity contribution in [3.8, 4) is 0 Å². The zero-order chi connectivity index (χ0) is 32.8. The van der Waals surface area contributed by atoms with Crippen molar-refractivity contribution >= 4 is 34.2 Å². The molecule has 1 aromatic carbocycles. The standard InChI is InChI=1S/C36H49N3O4S/c1-11-14-29(30-15-12-13-16-31(30)32(24(2)3)44-25(4)5)27(7)39-19-17-28(21-26(39)6)33(40)38-20-18-36(42,23-38)22-37-34(41)43-35(8,9)10/h12-13,15-17,19,21,42H,4,6,11,14,18,20,22-23H2,1-3,5,7-10H3,(H,37,41)/b29-27+. The Morgan fingerprint density at radius 2 is 1.80 bits per heavy atom. The summed E-state index contributed by atoms with van der Waals surface area (Å²) in [6, 6.07) is 8.51. The molecule has 3 rings (SSSR count). The highest BCUT2D eigenvalue weighted by molar-refractivity contribution is 8.11. The van der Waals surface area contributed by atoms with Gasteiger partial charge in [-0.1, -0.05) is 68.1 Å². The number of nitrogens with one attached hydrogen (secondary N) is 1. The molecule has 0 radical (unpaired) electrons. The Balaban J connectivity index is 1.81. The second kappa shape index (κ2) is 14.5. The number of thioether (sulfide) groups is 1. The van der Waals surface area contributed by atoms with Crippen LogP contribution in [0.5, 0.6) is 0 Å². The first-order valence-corrected chi connectivity index (χ1v) is 16.0. The van der Waals surface area contributed by atoms with Crippen molar-refractivity contribution in [2.24, 2.45) is 0 Å². The van der Waals surface area contributed by atoms with Crippen LogP contribution in [-0.2, 0) is 9.53 Å². The number of carbonyl (C=O) groups is 2. The molecule has 1 atom stereocenters. The van der Waals surface area contributed by atoms with E-state index in [9.17, 15) is 14.7 Å². The number of amides is 2. The number of benzene rings is 1. The van der Waals surface area contributed by atoms with Crippen molar-refractivity contribution < 1.29 is 19.4 Å². The lowest BCUT2D eigenvalue weighted by molar-refractivity contribution is -0.126. The van der Waals surface area contributed by atoms with Gasteiger partial charge in [0.1, 0.15) is 11.2 Å². The molecule has 2 amide bonds. The van der Waals surface area contributed by atoms with E-state index in [0.29, 0.717) is 24.2 Å². The SMILES string of the molecule is C=C(C)SC(=C(C)C)c1ccccc1/C(CCC)=C(\C)N1C=CC(C(=O)N2CCC(O)(CNC(=O)OC(C)(C)C)C2)=CC1=C. The summed E-state index contributed by atoms with van der Waals surface area (Å²) >= 11 is 1.70. The lowest BCUT2D eigenvalue weighted by atomic mass is 9.93. The summed E-state index contributed by atoms with van der Waals surface area (Å²) in [5.74, 6) is -0.180. The fourth-order valence-electron chi connectivity index (χ4n) is 5.37. The van der Waals surface area contributed by atoms with E-state index in [2.05, 4.69) is 70.4 Å². The van der Waals surface area contributed by atoms with Gasteiger partial charge in [-0.25, -0.2) is 4.79 Å². The molecule has 2 aliphatic rings. The molecule has 2 N–H and O–H groups in total. The minimum Gasteiger partial charge on any atom is -0.444 e. The predicted octanol–water partition coefficient (Wildman–Crippen LogP) is 7.99. The van der Waals surface area contributed by atoms with Crippen LogP contribution >= 0.6 is 11.8 Å². The quantitative estimate of drug-likeness (QED) is 0.276. The summed E-state index contributed by atoms with van der Waals surface area (Å²) in [5, 5.41) is 13.7. The molecule has 0 saturated carbocycles. The van der Waals surface area contributed by atoms with Crippen LogP contribution in [0, 0.1) is 0 Å². The van der Waals surface area contributed by atoms with Crippen molar-refractivity contribution in [1.29, 1.82) is 0 Å². The molecule has 0 aromatic heterocycles. The van der Waals surface area contributed by atoms with Gasteiger partial charge in [-0.15, -0.1) is 0 Å². The van der Waals surface area contributed by atoms with E-state index in [1.54, 1.807) is 43.5 Å². The molecule has 238 valence electrons. The van der Waals surface area contributed by atoms with E-state index in [4.69, 9.17) is 4.74 Å². The second-order valence-corrected chi connectivity index (χ2v) is 14.1. The number of hydrogen-bond acceptors (Lipinski definition) is 6. The summed E-state index contributed by atoms with van der Waals surface area (Å²) in [7, 11) is 0. The van der Waals surface area contributed by atoms with E-state index in [1.165, 1.54) is 27.2 Å². The number of aliphatic hydroxyl groups is 1. The zero-order valence-electron chi connectivity index (χ0n) is 27.7. The molecule has 0 aliphatic carbocycles. The first-order valence-electron chi connectivity index (χ1n) is 15.2. The fraction of sp³-hybridized carbons (Fsp3) is 0.444. The number of nitrogens with zero attached hydrogens (tertiary/aromatic N) is 2. The molecule has 7 nitrogen and oxygen atoms in total. The first kappa shape index (κ1) is 35.0. The molecule has 8 heteroatoms. The molecular weight excluding hydrogens is 570 g/mol. The normalized spacial score (nSPS) is 18.9. The Bertz CT molecular complexity index is 1420. The summed E-state index contributed by atoms with van der Waals surface area (Å²) in [6.45, 7) is 24.9. The third kappa shape index (κ3) is 9.02. The minimum atomic E-state index is -1.22. The maximum atomic E-state index is 13.5. The maximum absolute atomic E-state index is 13.5. The van der Waals surface area contributed by atoms with Gasteiger partial charge in [-0.2, -0.15) is 0 Å². The summed E-state index contributed by atoms with van der Waals surface area (Å²) in [5.41, 5.74) is 5.23. The second-order valence-electron chi connectivity index (χ2n) is 12.8. The van der Waals surface area contributed by atoms with Gasteiger partial charge in [0.15, 0.2) is 0 Å². The Morgan fingerprint density at radius 3 is 2.36 bits per heavy atom.